The largest absolute Gasteiger partial charge is 0.489 e. The second-order valence-electron chi connectivity index (χ2n) is 14.5. The highest BCUT2D eigenvalue weighted by Gasteiger charge is 2.43. The minimum absolute atomic E-state index is 0.0401. The monoisotopic (exact) mass is 774 g/mol. The molecule has 0 unspecified atom stereocenters. The van der Waals surface area contributed by atoms with E-state index in [1.807, 2.05) is 128 Å². The maximum absolute atomic E-state index is 14.5. The summed E-state index contributed by atoms with van der Waals surface area (Å²) in [5.41, 5.74) is 6.38. The van der Waals surface area contributed by atoms with Gasteiger partial charge in [0, 0.05) is 22.2 Å². The number of carbonyl (C=O) groups excluding carboxylic acids is 1. The molecule has 1 aliphatic heterocycles. The molecule has 2 heterocycles. The van der Waals surface area contributed by atoms with E-state index in [-0.39, 0.29) is 18.0 Å². The first-order valence-electron chi connectivity index (χ1n) is 19.5. The van der Waals surface area contributed by atoms with Gasteiger partial charge in [-0.05, 0) is 64.4 Å². The molecule has 0 bridgehead atoms. The normalized spacial score (nSPS) is 18.1. The quantitative estimate of drug-likeness (QED) is 0.0911. The minimum Gasteiger partial charge on any atom is -0.489 e. The predicted octanol–water partition coefficient (Wildman–Crippen LogP) is 11.2. The van der Waals surface area contributed by atoms with Gasteiger partial charge in [-0.1, -0.05) is 140 Å². The van der Waals surface area contributed by atoms with Gasteiger partial charge in [-0.2, -0.15) is 0 Å². The second kappa shape index (κ2) is 18.7. The molecule has 0 aliphatic carbocycles. The summed E-state index contributed by atoms with van der Waals surface area (Å²) >= 11 is 1.51. The Kier molecular flexibility index (Phi) is 12.6. The van der Waals surface area contributed by atoms with Gasteiger partial charge >= 0.3 is 0 Å². The highest BCUT2D eigenvalue weighted by Crippen LogP contribution is 2.42. The lowest BCUT2D eigenvalue weighted by molar-refractivity contribution is -0.219. The molecular weight excluding hydrogens is 729 g/mol. The second-order valence-corrected chi connectivity index (χ2v) is 15.6. The first-order chi connectivity index (χ1) is 28.1. The van der Waals surface area contributed by atoms with Crippen LogP contribution in [0.4, 0.5) is 0 Å². The molecule has 1 aromatic heterocycles. The molecule has 0 amide bonds. The lowest BCUT2D eigenvalue weighted by Crippen LogP contribution is -2.47. The van der Waals surface area contributed by atoms with Crippen LogP contribution in [-0.2, 0) is 45.4 Å². The Hall–Kier alpha value is -5.41. The Balaban J connectivity index is 1.19. The summed E-state index contributed by atoms with van der Waals surface area (Å²) in [6.45, 7) is 3.88. The van der Waals surface area contributed by atoms with Gasteiger partial charge < -0.3 is 23.7 Å². The fraction of sp³-hybridized carbons (Fsp3) is 0.220. The van der Waals surface area contributed by atoms with Crippen molar-refractivity contribution in [1.29, 1.82) is 0 Å². The van der Waals surface area contributed by atoms with Crippen molar-refractivity contribution in [3.05, 3.63) is 208 Å². The van der Waals surface area contributed by atoms with E-state index in [4.69, 9.17) is 23.7 Å². The zero-order valence-corrected chi connectivity index (χ0v) is 32.8. The van der Waals surface area contributed by atoms with Crippen molar-refractivity contribution in [2.45, 2.75) is 64.2 Å². The van der Waals surface area contributed by atoms with Crippen LogP contribution in [0.3, 0.4) is 0 Å². The Labute approximate surface area is 338 Å². The zero-order chi connectivity index (χ0) is 38.8. The molecule has 0 N–H and O–H groups in total. The lowest BCUT2D eigenvalue weighted by Gasteiger charge is -2.42. The molecule has 0 radical (unpaired) electrons. The molecule has 1 saturated heterocycles. The Morgan fingerprint density at radius 1 is 0.649 bits per heavy atom. The summed E-state index contributed by atoms with van der Waals surface area (Å²) in [5, 5.41) is 1.05. The third-order valence-electron chi connectivity index (χ3n) is 10.3. The summed E-state index contributed by atoms with van der Waals surface area (Å²) in [5.74, 6) is 0.594. The number of carbonyl (C=O) groups is 1. The minimum atomic E-state index is -0.658. The smallest absolute Gasteiger partial charge is 0.203 e. The van der Waals surface area contributed by atoms with Gasteiger partial charge in [0.15, 0.2) is 0 Å². The van der Waals surface area contributed by atoms with Crippen LogP contribution < -0.4 is 4.74 Å². The molecule has 7 heteroatoms. The van der Waals surface area contributed by atoms with Crippen molar-refractivity contribution in [2.75, 3.05) is 6.61 Å². The van der Waals surface area contributed by atoms with Crippen LogP contribution >= 0.6 is 11.3 Å². The number of benzene rings is 6. The van der Waals surface area contributed by atoms with Gasteiger partial charge in [0.1, 0.15) is 24.6 Å². The highest BCUT2D eigenvalue weighted by molar-refractivity contribution is 7.21. The summed E-state index contributed by atoms with van der Waals surface area (Å²) in [4.78, 5) is 15.2. The summed E-state index contributed by atoms with van der Waals surface area (Å²) < 4.78 is 34.9. The van der Waals surface area contributed by atoms with E-state index in [0.717, 1.165) is 43.5 Å². The highest BCUT2D eigenvalue weighted by atomic mass is 32.1. The third-order valence-corrected chi connectivity index (χ3v) is 11.4. The molecule has 6 aromatic carbocycles. The topological polar surface area (TPSA) is 63.2 Å². The average molecular weight is 775 g/mol. The van der Waals surface area contributed by atoms with E-state index < -0.39 is 12.2 Å². The number of thiophene rings is 1. The predicted molar refractivity (Wildman–Crippen MR) is 226 cm³/mol. The van der Waals surface area contributed by atoms with Crippen molar-refractivity contribution in [1.82, 2.24) is 0 Å². The molecule has 1 aliphatic rings. The number of hydrogen-bond donors (Lipinski definition) is 0. The molecule has 1 fully saturated rings. The maximum atomic E-state index is 14.5. The lowest BCUT2D eigenvalue weighted by atomic mass is 9.89. The van der Waals surface area contributed by atoms with Crippen LogP contribution in [0.5, 0.6) is 5.75 Å². The Morgan fingerprint density at radius 3 is 1.84 bits per heavy atom. The van der Waals surface area contributed by atoms with Crippen LogP contribution in [0, 0.1) is 6.92 Å². The van der Waals surface area contributed by atoms with Crippen LogP contribution in [0.25, 0.3) is 10.1 Å². The van der Waals surface area contributed by atoms with E-state index >= 15 is 0 Å². The molecule has 288 valence electrons. The van der Waals surface area contributed by atoms with Gasteiger partial charge in [-0.25, -0.2) is 0 Å². The van der Waals surface area contributed by atoms with E-state index in [1.54, 1.807) is 0 Å². The standard InChI is InChI=1S/C50H46O6S/c1-35-26-44(53-31-37-18-8-3-9-19-37)43(29-42(35)48(51)47-27-40-24-14-15-25-46(40)57-47)49-50(55-33-39-22-12-5-13-23-39)45(54-32-38-20-10-4-11-21-38)28-41(56-49)34-52-30-36-16-6-2-7-17-36/h2-27,29,41,45,49-50H,28,30-34H2,1H3/t41-,45-,49-,50+/m0/s1. The van der Waals surface area contributed by atoms with E-state index in [0.29, 0.717) is 55.6 Å². The molecule has 8 rings (SSSR count). The number of aryl methyl sites for hydroxylation is 1. The summed E-state index contributed by atoms with van der Waals surface area (Å²) in [6, 6.07) is 54.6. The molecule has 4 atom stereocenters. The van der Waals surface area contributed by atoms with Crippen LogP contribution in [0.1, 0.15) is 61.1 Å². The molecule has 7 aromatic rings. The van der Waals surface area contributed by atoms with Crippen molar-refractivity contribution in [2.24, 2.45) is 0 Å². The van der Waals surface area contributed by atoms with Gasteiger partial charge in [0.25, 0.3) is 0 Å². The molecule has 6 nitrogen and oxygen atoms in total. The Morgan fingerprint density at radius 2 is 1.21 bits per heavy atom. The fourth-order valence-corrected chi connectivity index (χ4v) is 8.34. The number of ether oxygens (including phenoxy) is 5. The molecular formula is C50H46O6S. The van der Waals surface area contributed by atoms with Crippen LogP contribution in [0.15, 0.2) is 164 Å². The van der Waals surface area contributed by atoms with Crippen molar-refractivity contribution < 1.29 is 28.5 Å². The van der Waals surface area contributed by atoms with E-state index in [2.05, 4.69) is 42.5 Å². The van der Waals surface area contributed by atoms with Gasteiger partial charge in [-0.15, -0.1) is 11.3 Å². The molecule has 0 saturated carbocycles. The van der Waals surface area contributed by atoms with E-state index in [9.17, 15) is 4.79 Å². The van der Waals surface area contributed by atoms with Crippen molar-refractivity contribution >= 4 is 27.2 Å². The van der Waals surface area contributed by atoms with Crippen LogP contribution in [-0.4, -0.2) is 30.7 Å². The number of fused-ring (bicyclic) bond motifs is 1. The first-order valence-corrected chi connectivity index (χ1v) is 20.3. The SMILES string of the molecule is Cc1cc(OCc2ccccc2)c([C@@H]2O[C@H](COCc3ccccc3)C[C@H](OCc3ccccc3)[C@H]2OCc2ccccc2)cc1C(=O)c1cc2ccccc2s1. The van der Waals surface area contributed by atoms with Gasteiger partial charge in [-0.3, -0.25) is 4.79 Å². The van der Waals surface area contributed by atoms with Crippen LogP contribution in [0.2, 0.25) is 0 Å². The summed E-state index contributed by atoms with van der Waals surface area (Å²) in [6.07, 6.45) is -1.36. The number of hydrogen-bond acceptors (Lipinski definition) is 7. The first kappa shape index (κ1) is 38.5. The average Bonchev–Trinajstić information content (AvgIpc) is 3.70. The van der Waals surface area contributed by atoms with Gasteiger partial charge in [0.2, 0.25) is 5.78 Å². The number of ketones is 1. The third kappa shape index (κ3) is 9.77. The summed E-state index contributed by atoms with van der Waals surface area (Å²) in [7, 11) is 0. The molecule has 0 spiro atoms. The Bertz CT molecular complexity index is 2310. The molecule has 57 heavy (non-hydrogen) atoms. The fourth-order valence-electron chi connectivity index (χ4n) is 7.32. The number of rotatable bonds is 16. The van der Waals surface area contributed by atoms with Gasteiger partial charge in [0.05, 0.1) is 43.5 Å². The van der Waals surface area contributed by atoms with Crippen molar-refractivity contribution in [3.8, 4) is 5.75 Å². The van der Waals surface area contributed by atoms with Crippen molar-refractivity contribution in [3.63, 3.8) is 0 Å². The van der Waals surface area contributed by atoms with E-state index in [1.165, 1.54) is 11.3 Å². The zero-order valence-electron chi connectivity index (χ0n) is 32.0. The maximum Gasteiger partial charge on any atom is 0.203 e.